The number of carbonyl (C=O) groups is 2. The molecule has 0 atom stereocenters. The molecule has 0 saturated heterocycles. The van der Waals surface area contributed by atoms with E-state index in [1.165, 1.54) is 0 Å². The first-order valence-corrected chi connectivity index (χ1v) is 9.81. The maximum atomic E-state index is 12.2. The molecule has 0 bridgehead atoms. The second-order valence-electron chi connectivity index (χ2n) is 6.72. The molecule has 32 heavy (non-hydrogen) atoms. The van der Waals surface area contributed by atoms with Crippen molar-refractivity contribution in [2.75, 3.05) is 0 Å². The van der Waals surface area contributed by atoms with Crippen LogP contribution in [0.15, 0.2) is 96.2 Å². The van der Waals surface area contributed by atoms with Crippen LogP contribution in [0.2, 0.25) is 0 Å². The van der Waals surface area contributed by atoms with Crippen molar-refractivity contribution >= 4 is 36.4 Å². The molecule has 0 radical (unpaired) electrons. The molecule has 158 valence electrons. The van der Waals surface area contributed by atoms with Gasteiger partial charge in [0.1, 0.15) is 0 Å². The highest BCUT2D eigenvalue weighted by Crippen LogP contribution is 2.07. The number of hydrazone groups is 2. The van der Waals surface area contributed by atoms with Crippen LogP contribution in [0.25, 0.3) is 12.2 Å². The van der Waals surface area contributed by atoms with Gasteiger partial charge in [0.2, 0.25) is 0 Å². The molecular formula is C26H22N4O2. The molecule has 6 heteroatoms. The van der Waals surface area contributed by atoms with E-state index in [0.717, 1.165) is 22.3 Å². The molecule has 0 heterocycles. The van der Waals surface area contributed by atoms with Gasteiger partial charge in [-0.25, -0.2) is 10.9 Å². The van der Waals surface area contributed by atoms with Gasteiger partial charge in [0.25, 0.3) is 11.8 Å². The molecule has 0 saturated carbocycles. The van der Waals surface area contributed by atoms with Gasteiger partial charge >= 0.3 is 0 Å². The highest BCUT2D eigenvalue weighted by atomic mass is 16.2. The maximum Gasteiger partial charge on any atom is 0.271 e. The molecule has 0 unspecified atom stereocenters. The van der Waals surface area contributed by atoms with Gasteiger partial charge in [0.15, 0.2) is 0 Å². The van der Waals surface area contributed by atoms with Crippen LogP contribution < -0.4 is 10.9 Å². The van der Waals surface area contributed by atoms with Gasteiger partial charge < -0.3 is 0 Å². The van der Waals surface area contributed by atoms with Crippen molar-refractivity contribution in [2.45, 2.75) is 0 Å². The lowest BCUT2D eigenvalue weighted by atomic mass is 10.1. The van der Waals surface area contributed by atoms with Crippen LogP contribution in [-0.4, -0.2) is 24.2 Å². The lowest BCUT2D eigenvalue weighted by Gasteiger charge is -2.03. The summed E-state index contributed by atoms with van der Waals surface area (Å²) in [5.41, 5.74) is 9.30. The SMILES string of the molecule is C=Cc1cccc(/C=N/NC(=O)c2ccc(C(=O)N/N=C/c3cccc(C=C)c3)cc2)c1. The highest BCUT2D eigenvalue weighted by Gasteiger charge is 2.08. The van der Waals surface area contributed by atoms with Gasteiger partial charge in [0.05, 0.1) is 12.4 Å². The number of nitrogens with zero attached hydrogens (tertiary/aromatic N) is 2. The second-order valence-corrected chi connectivity index (χ2v) is 6.72. The van der Waals surface area contributed by atoms with Crippen molar-refractivity contribution in [3.05, 3.63) is 119 Å². The van der Waals surface area contributed by atoms with Crippen LogP contribution in [0, 0.1) is 0 Å². The summed E-state index contributed by atoms with van der Waals surface area (Å²) in [5.74, 6) is -0.763. The molecule has 2 amide bonds. The summed E-state index contributed by atoms with van der Waals surface area (Å²) in [6.45, 7) is 7.45. The fourth-order valence-electron chi connectivity index (χ4n) is 2.77. The van der Waals surface area contributed by atoms with Gasteiger partial charge in [-0.1, -0.05) is 61.7 Å². The minimum atomic E-state index is -0.381. The van der Waals surface area contributed by atoms with Crippen molar-refractivity contribution in [1.29, 1.82) is 0 Å². The van der Waals surface area contributed by atoms with Crippen molar-refractivity contribution in [3.63, 3.8) is 0 Å². The number of rotatable bonds is 8. The van der Waals surface area contributed by atoms with Crippen molar-refractivity contribution in [2.24, 2.45) is 10.2 Å². The molecule has 3 rings (SSSR count). The predicted octanol–water partition coefficient (Wildman–Crippen LogP) is 4.50. The highest BCUT2D eigenvalue weighted by molar-refractivity contribution is 5.98. The number of hydrogen-bond donors (Lipinski definition) is 2. The standard InChI is InChI=1S/C26H22N4O2/c1-3-19-7-5-9-21(15-19)17-27-29-25(31)23-11-13-24(14-12-23)26(32)30-28-18-22-10-6-8-20(4-2)16-22/h3-18H,1-2H2,(H,29,31)(H,30,32)/b27-17+,28-18+. The number of nitrogens with one attached hydrogen (secondary N) is 2. The lowest BCUT2D eigenvalue weighted by molar-refractivity contribution is 0.0943. The quantitative estimate of drug-likeness (QED) is 0.414. The largest absolute Gasteiger partial charge is 0.271 e. The lowest BCUT2D eigenvalue weighted by Crippen LogP contribution is -2.19. The monoisotopic (exact) mass is 422 g/mol. The third-order valence-electron chi connectivity index (χ3n) is 4.46. The van der Waals surface area contributed by atoms with Gasteiger partial charge in [-0.15, -0.1) is 0 Å². The van der Waals surface area contributed by atoms with Crippen molar-refractivity contribution in [1.82, 2.24) is 10.9 Å². The first-order chi connectivity index (χ1) is 15.6. The van der Waals surface area contributed by atoms with E-state index < -0.39 is 0 Å². The first-order valence-electron chi connectivity index (χ1n) is 9.81. The average molecular weight is 422 g/mol. The van der Waals surface area contributed by atoms with Crippen LogP contribution in [0.1, 0.15) is 43.0 Å². The minimum absolute atomic E-state index is 0.378. The van der Waals surface area contributed by atoms with Crippen molar-refractivity contribution < 1.29 is 9.59 Å². The summed E-state index contributed by atoms with van der Waals surface area (Å²) in [4.78, 5) is 24.5. The average Bonchev–Trinajstić information content (AvgIpc) is 2.84. The Morgan fingerprint density at radius 3 is 1.38 bits per heavy atom. The molecule has 3 aromatic rings. The van der Waals surface area contributed by atoms with Gasteiger partial charge in [0, 0.05) is 11.1 Å². The Morgan fingerprint density at radius 2 is 1.00 bits per heavy atom. The Balaban J connectivity index is 1.55. The fraction of sp³-hybridized carbons (Fsp3) is 0. The van der Waals surface area contributed by atoms with Gasteiger partial charge in [-0.05, 0) is 58.7 Å². The molecular weight excluding hydrogens is 400 g/mol. The summed E-state index contributed by atoms with van der Waals surface area (Å²) >= 11 is 0. The molecule has 0 aliphatic rings. The summed E-state index contributed by atoms with van der Waals surface area (Å²) < 4.78 is 0. The van der Waals surface area contributed by atoms with Crippen LogP contribution in [0.5, 0.6) is 0 Å². The molecule has 0 aliphatic carbocycles. The number of carbonyl (C=O) groups excluding carboxylic acids is 2. The van der Waals surface area contributed by atoms with E-state index in [4.69, 9.17) is 0 Å². The summed E-state index contributed by atoms with van der Waals surface area (Å²) in [5, 5.41) is 7.94. The molecule has 2 N–H and O–H groups in total. The van der Waals surface area contributed by atoms with Gasteiger partial charge in [-0.3, -0.25) is 9.59 Å². The van der Waals surface area contributed by atoms with Gasteiger partial charge in [-0.2, -0.15) is 10.2 Å². The smallest absolute Gasteiger partial charge is 0.267 e. The normalized spacial score (nSPS) is 10.8. The Bertz CT molecular complexity index is 1100. The Hall–Kier alpha value is -4.58. The zero-order valence-electron chi connectivity index (χ0n) is 17.4. The first kappa shape index (κ1) is 22.1. The number of amides is 2. The molecule has 6 nitrogen and oxygen atoms in total. The Labute approximate surface area is 186 Å². The van der Waals surface area contributed by atoms with Crippen LogP contribution >= 0.6 is 0 Å². The maximum absolute atomic E-state index is 12.2. The van der Waals surface area contributed by atoms with Crippen molar-refractivity contribution in [3.8, 4) is 0 Å². The zero-order valence-corrected chi connectivity index (χ0v) is 17.4. The third-order valence-corrected chi connectivity index (χ3v) is 4.46. The van der Waals surface area contributed by atoms with E-state index in [1.807, 2.05) is 48.5 Å². The van der Waals surface area contributed by atoms with E-state index in [0.29, 0.717) is 11.1 Å². The number of hydrogen-bond acceptors (Lipinski definition) is 4. The molecule has 3 aromatic carbocycles. The summed E-state index contributed by atoms with van der Waals surface area (Å²) in [6, 6.07) is 21.3. The third kappa shape index (κ3) is 6.21. The predicted molar refractivity (Wildman–Crippen MR) is 130 cm³/mol. The Morgan fingerprint density at radius 1 is 0.625 bits per heavy atom. The fourth-order valence-corrected chi connectivity index (χ4v) is 2.77. The molecule has 0 aliphatic heterocycles. The second kappa shape index (κ2) is 11.0. The topological polar surface area (TPSA) is 82.9 Å². The molecule has 0 aromatic heterocycles. The molecule has 0 spiro atoms. The Kier molecular flexibility index (Phi) is 7.59. The summed E-state index contributed by atoms with van der Waals surface area (Å²) in [6.07, 6.45) is 6.57. The van der Waals surface area contributed by atoms with E-state index in [2.05, 4.69) is 34.2 Å². The van der Waals surface area contributed by atoms with E-state index in [-0.39, 0.29) is 11.8 Å². The minimum Gasteiger partial charge on any atom is -0.267 e. The summed E-state index contributed by atoms with van der Waals surface area (Å²) in [7, 11) is 0. The zero-order chi connectivity index (χ0) is 22.8. The van der Waals surface area contributed by atoms with Crippen LogP contribution in [0.3, 0.4) is 0 Å². The molecule has 0 fully saturated rings. The number of benzene rings is 3. The van der Waals surface area contributed by atoms with E-state index >= 15 is 0 Å². The van der Waals surface area contributed by atoms with E-state index in [9.17, 15) is 9.59 Å². The van der Waals surface area contributed by atoms with Crippen LogP contribution in [0.4, 0.5) is 0 Å². The van der Waals surface area contributed by atoms with Crippen LogP contribution in [-0.2, 0) is 0 Å². The van der Waals surface area contributed by atoms with E-state index in [1.54, 1.807) is 48.8 Å².